The van der Waals surface area contributed by atoms with Crippen LogP contribution < -0.4 is 9.70 Å². The fourth-order valence-corrected chi connectivity index (χ4v) is 5.43. The Morgan fingerprint density at radius 1 is 1.03 bits per heavy atom. The summed E-state index contributed by atoms with van der Waals surface area (Å²) < 4.78 is 1.46. The third-order valence-corrected chi connectivity index (χ3v) is 7.24. The van der Waals surface area contributed by atoms with Gasteiger partial charge in [0.25, 0.3) is 5.91 Å². The van der Waals surface area contributed by atoms with E-state index >= 15 is 0 Å². The van der Waals surface area contributed by atoms with Crippen LogP contribution in [0.2, 0.25) is 5.02 Å². The van der Waals surface area contributed by atoms with Crippen molar-refractivity contribution < 1.29 is 4.79 Å². The molecule has 0 atom stereocenters. The second-order valence-electron chi connectivity index (χ2n) is 7.15. The van der Waals surface area contributed by atoms with E-state index in [1.165, 1.54) is 16.0 Å². The van der Waals surface area contributed by atoms with Crippen LogP contribution in [0.1, 0.15) is 5.56 Å². The Kier molecular flexibility index (Phi) is 5.17. The van der Waals surface area contributed by atoms with Crippen molar-refractivity contribution in [2.45, 2.75) is 23.3 Å². The number of hydrogen-bond acceptors (Lipinski definition) is 5. The molecule has 0 saturated heterocycles. The summed E-state index contributed by atoms with van der Waals surface area (Å²) in [6, 6.07) is 21.4. The molecule has 154 valence electrons. The summed E-state index contributed by atoms with van der Waals surface area (Å²) in [5.74, 6) is -0.171. The molecule has 3 aromatic carbocycles. The summed E-state index contributed by atoms with van der Waals surface area (Å²) in [7, 11) is 0. The third kappa shape index (κ3) is 3.80. The molecule has 1 aliphatic rings. The molecular weight excluding hydrogens is 448 g/mol. The molecule has 0 radical (unpaired) electrons. The Hall–Kier alpha value is -2.87. The number of benzene rings is 3. The molecule has 1 aromatic heterocycles. The zero-order valence-corrected chi connectivity index (χ0v) is 18.9. The number of halogens is 1. The van der Waals surface area contributed by atoms with Gasteiger partial charge in [0.2, 0.25) is 4.80 Å². The van der Waals surface area contributed by atoms with Gasteiger partial charge in [-0.05, 0) is 37.3 Å². The SMILES string of the molecule is Cc1ccc(-c2nn(CC(=O)N3c4ccccc4Sc4ccc(Cl)cc43)c(=N)s2)cc1. The molecule has 0 saturated carbocycles. The minimum absolute atomic E-state index is 0.0356. The van der Waals surface area contributed by atoms with E-state index in [0.29, 0.717) is 5.02 Å². The monoisotopic (exact) mass is 464 g/mol. The minimum Gasteiger partial charge on any atom is -0.277 e. The van der Waals surface area contributed by atoms with E-state index < -0.39 is 0 Å². The Labute approximate surface area is 192 Å². The minimum atomic E-state index is -0.171. The molecule has 0 fully saturated rings. The van der Waals surface area contributed by atoms with Gasteiger partial charge in [-0.2, -0.15) is 5.10 Å². The number of aromatic nitrogens is 2. The normalized spacial score (nSPS) is 12.4. The lowest BCUT2D eigenvalue weighted by Crippen LogP contribution is -2.34. The van der Waals surface area contributed by atoms with Gasteiger partial charge in [0, 0.05) is 20.4 Å². The van der Waals surface area contributed by atoms with E-state index in [2.05, 4.69) is 5.10 Å². The molecule has 0 aliphatic carbocycles. The summed E-state index contributed by atoms with van der Waals surface area (Å²) in [5.41, 5.74) is 3.66. The van der Waals surface area contributed by atoms with Gasteiger partial charge in [0.15, 0.2) is 0 Å². The van der Waals surface area contributed by atoms with Crippen LogP contribution in [0.25, 0.3) is 10.6 Å². The zero-order valence-electron chi connectivity index (χ0n) is 16.5. The standard InChI is InChI=1S/C23H17ClN4OS2/c1-14-6-8-15(9-7-14)22-26-27(23(25)31-22)13-21(29)28-17-4-2-3-5-19(17)30-20-11-10-16(24)12-18(20)28/h2-12,25H,13H2,1H3. The number of rotatable bonds is 3. The summed E-state index contributed by atoms with van der Waals surface area (Å²) in [5, 5.41) is 14.2. The molecule has 0 bridgehead atoms. The van der Waals surface area contributed by atoms with Crippen LogP contribution in [-0.4, -0.2) is 15.7 Å². The fraction of sp³-hybridized carbons (Fsp3) is 0.0870. The van der Waals surface area contributed by atoms with Crippen molar-refractivity contribution in [1.29, 1.82) is 5.41 Å². The number of para-hydroxylation sites is 1. The Bertz CT molecular complexity index is 1360. The van der Waals surface area contributed by atoms with Crippen LogP contribution in [0.5, 0.6) is 0 Å². The summed E-state index contributed by atoms with van der Waals surface area (Å²) >= 11 is 9.12. The van der Waals surface area contributed by atoms with Gasteiger partial charge in [-0.1, -0.05) is 76.7 Å². The number of fused-ring (bicyclic) bond motifs is 2. The highest BCUT2D eigenvalue weighted by Gasteiger charge is 2.29. The maximum atomic E-state index is 13.5. The number of carbonyl (C=O) groups is 1. The van der Waals surface area contributed by atoms with E-state index in [1.54, 1.807) is 16.7 Å². The predicted octanol–water partition coefficient (Wildman–Crippen LogP) is 5.88. The maximum absolute atomic E-state index is 13.5. The van der Waals surface area contributed by atoms with E-state index in [0.717, 1.165) is 37.3 Å². The van der Waals surface area contributed by atoms with Crippen molar-refractivity contribution >= 4 is 52.0 Å². The van der Waals surface area contributed by atoms with Crippen molar-refractivity contribution in [2.24, 2.45) is 0 Å². The first kappa shape index (κ1) is 20.1. The number of nitrogens with one attached hydrogen (secondary N) is 1. The summed E-state index contributed by atoms with van der Waals surface area (Å²) in [6.45, 7) is 1.99. The van der Waals surface area contributed by atoms with Gasteiger partial charge in [-0.25, -0.2) is 4.68 Å². The quantitative estimate of drug-likeness (QED) is 0.411. The number of nitrogens with zero attached hydrogens (tertiary/aromatic N) is 3. The average molecular weight is 465 g/mol. The molecule has 4 aromatic rings. The summed E-state index contributed by atoms with van der Waals surface area (Å²) in [6.07, 6.45) is 0. The Morgan fingerprint density at radius 2 is 1.77 bits per heavy atom. The molecular formula is C23H17ClN4OS2. The van der Waals surface area contributed by atoms with Gasteiger partial charge in [0.05, 0.1) is 11.4 Å². The Balaban J connectivity index is 1.51. The first-order chi connectivity index (χ1) is 15.0. The van der Waals surface area contributed by atoms with Crippen molar-refractivity contribution in [3.05, 3.63) is 82.1 Å². The van der Waals surface area contributed by atoms with Gasteiger partial charge in [-0.15, -0.1) is 0 Å². The maximum Gasteiger partial charge on any atom is 0.253 e. The molecule has 0 unspecified atom stereocenters. The van der Waals surface area contributed by atoms with Crippen LogP contribution in [0.4, 0.5) is 11.4 Å². The van der Waals surface area contributed by atoms with E-state index in [-0.39, 0.29) is 17.3 Å². The zero-order chi connectivity index (χ0) is 21.5. The lowest BCUT2D eigenvalue weighted by molar-refractivity contribution is -0.118. The molecule has 0 spiro atoms. The van der Waals surface area contributed by atoms with Crippen LogP contribution in [0.15, 0.2) is 76.5 Å². The van der Waals surface area contributed by atoms with Crippen LogP contribution in [0.3, 0.4) is 0 Å². The van der Waals surface area contributed by atoms with Crippen molar-refractivity contribution in [1.82, 2.24) is 9.78 Å². The largest absolute Gasteiger partial charge is 0.277 e. The van der Waals surface area contributed by atoms with Crippen molar-refractivity contribution in [2.75, 3.05) is 4.90 Å². The molecule has 1 aliphatic heterocycles. The van der Waals surface area contributed by atoms with Crippen molar-refractivity contribution in [3.63, 3.8) is 0 Å². The molecule has 5 rings (SSSR count). The molecule has 1 N–H and O–H groups in total. The first-order valence-corrected chi connectivity index (χ1v) is 11.6. The molecule has 5 nitrogen and oxygen atoms in total. The van der Waals surface area contributed by atoms with E-state index in [1.807, 2.05) is 73.7 Å². The molecule has 8 heteroatoms. The van der Waals surface area contributed by atoms with Crippen LogP contribution >= 0.6 is 34.7 Å². The topological polar surface area (TPSA) is 62.0 Å². The van der Waals surface area contributed by atoms with Crippen LogP contribution in [-0.2, 0) is 11.3 Å². The van der Waals surface area contributed by atoms with Gasteiger partial charge >= 0.3 is 0 Å². The van der Waals surface area contributed by atoms with E-state index in [4.69, 9.17) is 17.0 Å². The summed E-state index contributed by atoms with van der Waals surface area (Å²) in [4.78, 5) is 17.4. The highest BCUT2D eigenvalue weighted by Crippen LogP contribution is 2.48. The van der Waals surface area contributed by atoms with Crippen LogP contribution in [0, 0.1) is 12.3 Å². The van der Waals surface area contributed by atoms with Crippen molar-refractivity contribution in [3.8, 4) is 10.6 Å². The smallest absolute Gasteiger partial charge is 0.253 e. The first-order valence-electron chi connectivity index (χ1n) is 9.58. The highest BCUT2D eigenvalue weighted by molar-refractivity contribution is 7.99. The molecule has 2 heterocycles. The number of anilines is 2. The molecule has 31 heavy (non-hydrogen) atoms. The van der Waals surface area contributed by atoms with Gasteiger partial charge in [-0.3, -0.25) is 15.1 Å². The number of aryl methyl sites for hydroxylation is 1. The Morgan fingerprint density at radius 3 is 2.58 bits per heavy atom. The lowest BCUT2D eigenvalue weighted by atomic mass is 10.2. The third-order valence-electron chi connectivity index (χ3n) is 4.96. The number of hydrogen-bond donors (Lipinski definition) is 1. The average Bonchev–Trinajstić information content (AvgIpc) is 3.12. The van der Waals surface area contributed by atoms with E-state index in [9.17, 15) is 4.79 Å². The highest BCUT2D eigenvalue weighted by atomic mass is 35.5. The van der Waals surface area contributed by atoms with Gasteiger partial charge in [0.1, 0.15) is 11.6 Å². The number of carbonyl (C=O) groups excluding carboxylic acids is 1. The number of amides is 1. The second kappa shape index (κ2) is 8.00. The molecule has 1 amide bonds. The second-order valence-corrected chi connectivity index (χ2v) is 9.64. The van der Waals surface area contributed by atoms with Gasteiger partial charge < -0.3 is 0 Å². The lowest BCUT2D eigenvalue weighted by Gasteiger charge is -2.31. The fourth-order valence-electron chi connectivity index (χ4n) is 3.44. The predicted molar refractivity (Wildman–Crippen MR) is 125 cm³/mol.